The molecule has 1 aromatic rings. The average Bonchev–Trinajstić information content (AvgIpc) is 3.12. The van der Waals surface area contributed by atoms with Crippen molar-refractivity contribution >= 4 is 5.96 Å². The Labute approximate surface area is 157 Å². The van der Waals surface area contributed by atoms with E-state index in [1.54, 1.807) is 0 Å². The summed E-state index contributed by atoms with van der Waals surface area (Å²) < 4.78 is 7.88. The molecule has 1 aliphatic carbocycles. The highest BCUT2D eigenvalue weighted by Gasteiger charge is 2.59. The molecule has 1 aromatic heterocycles. The number of ether oxygens (including phenoxy) is 1. The summed E-state index contributed by atoms with van der Waals surface area (Å²) in [4.78, 5) is 4.69. The van der Waals surface area contributed by atoms with Crippen molar-refractivity contribution in [3.8, 4) is 0 Å². The quantitative estimate of drug-likeness (QED) is 0.624. The van der Waals surface area contributed by atoms with E-state index in [9.17, 15) is 0 Å². The zero-order valence-corrected chi connectivity index (χ0v) is 17.4. The molecule has 1 saturated heterocycles. The second-order valence-electron chi connectivity index (χ2n) is 8.53. The normalized spacial score (nSPS) is 28.4. The molecular formula is C20H35N5O. The van der Waals surface area contributed by atoms with Crippen LogP contribution >= 0.6 is 0 Å². The second-order valence-corrected chi connectivity index (χ2v) is 8.53. The Balaban J connectivity index is 1.64. The number of hydrogen-bond donors (Lipinski definition) is 2. The van der Waals surface area contributed by atoms with Crippen LogP contribution in [-0.4, -0.2) is 47.1 Å². The number of guanidine groups is 1. The van der Waals surface area contributed by atoms with Gasteiger partial charge in [0.1, 0.15) is 0 Å². The van der Waals surface area contributed by atoms with Crippen LogP contribution in [0.15, 0.2) is 4.99 Å². The van der Waals surface area contributed by atoms with Crippen molar-refractivity contribution in [2.45, 2.75) is 72.6 Å². The highest BCUT2D eigenvalue weighted by Crippen LogP contribution is 2.52. The fourth-order valence-electron chi connectivity index (χ4n) is 4.76. The largest absolute Gasteiger partial charge is 0.377 e. The summed E-state index contributed by atoms with van der Waals surface area (Å²) >= 11 is 0. The fourth-order valence-corrected chi connectivity index (χ4v) is 4.76. The van der Waals surface area contributed by atoms with Crippen molar-refractivity contribution in [1.29, 1.82) is 0 Å². The van der Waals surface area contributed by atoms with Crippen molar-refractivity contribution < 1.29 is 4.74 Å². The molecular weight excluding hydrogens is 326 g/mol. The molecule has 2 heterocycles. The van der Waals surface area contributed by atoms with Crippen molar-refractivity contribution in [3.05, 3.63) is 17.0 Å². The Morgan fingerprint density at radius 3 is 2.77 bits per heavy atom. The maximum Gasteiger partial charge on any atom is 0.191 e. The Hall–Kier alpha value is -1.56. The molecule has 2 N–H and O–H groups in total. The molecule has 1 saturated carbocycles. The van der Waals surface area contributed by atoms with E-state index in [-0.39, 0.29) is 11.5 Å². The van der Waals surface area contributed by atoms with Gasteiger partial charge in [-0.15, -0.1) is 0 Å². The van der Waals surface area contributed by atoms with Crippen LogP contribution in [0.5, 0.6) is 0 Å². The first-order valence-corrected chi connectivity index (χ1v) is 9.93. The third kappa shape index (κ3) is 3.36. The number of aromatic nitrogens is 2. The molecule has 4 atom stereocenters. The van der Waals surface area contributed by atoms with Crippen LogP contribution in [-0.2, 0) is 18.2 Å². The third-order valence-corrected chi connectivity index (χ3v) is 6.26. The monoisotopic (exact) mass is 361 g/mol. The summed E-state index contributed by atoms with van der Waals surface area (Å²) in [5.41, 5.74) is 3.84. The van der Waals surface area contributed by atoms with Crippen molar-refractivity contribution in [1.82, 2.24) is 20.4 Å². The molecule has 2 fully saturated rings. The molecule has 0 bridgehead atoms. The topological polar surface area (TPSA) is 63.5 Å². The number of fused-ring (bicyclic) bond motifs is 1. The molecule has 0 radical (unpaired) electrons. The number of nitrogens with zero attached hydrogens (tertiary/aromatic N) is 3. The lowest BCUT2D eigenvalue weighted by atomic mass is 9.57. The van der Waals surface area contributed by atoms with Crippen molar-refractivity contribution in [2.24, 2.45) is 23.4 Å². The lowest BCUT2D eigenvalue weighted by molar-refractivity contribution is -0.106. The molecule has 2 aliphatic rings. The Morgan fingerprint density at radius 2 is 2.15 bits per heavy atom. The standard InChI is InChI=1S/C20H35N5O/c1-8-21-19(23-17-15-9-10-26-18(15)20(17,5)6)22-12(2)11-16-13(3)24-25(7)14(16)4/h12,15,17-18H,8-11H2,1-7H3,(H2,21,22,23). The van der Waals surface area contributed by atoms with Crippen molar-refractivity contribution in [2.75, 3.05) is 13.2 Å². The van der Waals surface area contributed by atoms with Crippen LogP contribution < -0.4 is 10.6 Å². The predicted molar refractivity (Wildman–Crippen MR) is 106 cm³/mol. The van der Waals surface area contributed by atoms with Gasteiger partial charge in [0.05, 0.1) is 11.8 Å². The minimum atomic E-state index is 0.150. The minimum Gasteiger partial charge on any atom is -0.377 e. The van der Waals surface area contributed by atoms with Crippen LogP contribution in [0.1, 0.15) is 51.1 Å². The lowest BCUT2D eigenvalue weighted by Crippen LogP contribution is -2.68. The van der Waals surface area contributed by atoms with E-state index < -0.39 is 0 Å². The van der Waals surface area contributed by atoms with Gasteiger partial charge in [0, 0.05) is 49.3 Å². The van der Waals surface area contributed by atoms with E-state index in [2.05, 4.69) is 57.3 Å². The van der Waals surface area contributed by atoms with Crippen molar-refractivity contribution in [3.63, 3.8) is 0 Å². The lowest BCUT2D eigenvalue weighted by Gasteiger charge is -2.55. The van der Waals surface area contributed by atoms with Crippen LogP contribution in [0.25, 0.3) is 0 Å². The van der Waals surface area contributed by atoms with Gasteiger partial charge in [-0.05, 0) is 46.1 Å². The van der Waals surface area contributed by atoms with Gasteiger partial charge in [0.15, 0.2) is 5.96 Å². The summed E-state index contributed by atoms with van der Waals surface area (Å²) in [6.45, 7) is 14.8. The van der Waals surface area contributed by atoms with Crippen LogP contribution in [0.2, 0.25) is 0 Å². The molecule has 0 amide bonds. The predicted octanol–water partition coefficient (Wildman–Crippen LogP) is 2.34. The summed E-state index contributed by atoms with van der Waals surface area (Å²) in [5.74, 6) is 1.52. The van der Waals surface area contributed by atoms with Gasteiger partial charge in [-0.1, -0.05) is 13.8 Å². The zero-order valence-electron chi connectivity index (χ0n) is 17.4. The minimum absolute atomic E-state index is 0.150. The highest BCUT2D eigenvalue weighted by atomic mass is 16.5. The van der Waals surface area contributed by atoms with Gasteiger partial charge in [0.2, 0.25) is 0 Å². The van der Waals surface area contributed by atoms with Gasteiger partial charge in [-0.2, -0.15) is 5.10 Å². The summed E-state index contributed by atoms with van der Waals surface area (Å²) in [6.07, 6.45) is 2.48. The van der Waals surface area contributed by atoms with Gasteiger partial charge in [-0.3, -0.25) is 9.67 Å². The molecule has 3 rings (SSSR count). The zero-order chi connectivity index (χ0) is 19.1. The third-order valence-electron chi connectivity index (χ3n) is 6.26. The Kier molecular flexibility index (Phi) is 5.33. The summed E-state index contributed by atoms with van der Waals surface area (Å²) in [5, 5.41) is 11.8. The van der Waals surface area contributed by atoms with E-state index >= 15 is 0 Å². The van der Waals surface area contributed by atoms with Crippen LogP contribution in [0.4, 0.5) is 0 Å². The molecule has 26 heavy (non-hydrogen) atoms. The van der Waals surface area contributed by atoms with Crippen LogP contribution in [0, 0.1) is 25.2 Å². The van der Waals surface area contributed by atoms with E-state index in [0.29, 0.717) is 18.1 Å². The Bertz CT molecular complexity index is 678. The number of aliphatic imine (C=N–C) groups is 1. The first-order chi connectivity index (χ1) is 12.3. The van der Waals surface area contributed by atoms with Gasteiger partial charge in [0.25, 0.3) is 0 Å². The fraction of sp³-hybridized carbons (Fsp3) is 0.800. The molecule has 146 valence electrons. The molecule has 4 unspecified atom stereocenters. The van der Waals surface area contributed by atoms with Gasteiger partial charge >= 0.3 is 0 Å². The van der Waals surface area contributed by atoms with Crippen LogP contribution in [0.3, 0.4) is 0 Å². The average molecular weight is 362 g/mol. The number of nitrogens with one attached hydrogen (secondary N) is 2. The van der Waals surface area contributed by atoms with Gasteiger partial charge in [-0.25, -0.2) is 0 Å². The molecule has 0 aromatic carbocycles. The molecule has 6 nitrogen and oxygen atoms in total. The Morgan fingerprint density at radius 1 is 1.42 bits per heavy atom. The second kappa shape index (κ2) is 7.22. The summed E-state index contributed by atoms with van der Waals surface area (Å²) in [6, 6.07) is 0.704. The summed E-state index contributed by atoms with van der Waals surface area (Å²) in [7, 11) is 2.01. The number of aryl methyl sites for hydroxylation is 2. The van der Waals surface area contributed by atoms with E-state index in [0.717, 1.165) is 37.6 Å². The highest BCUT2D eigenvalue weighted by molar-refractivity contribution is 5.80. The molecule has 0 spiro atoms. The van der Waals surface area contributed by atoms with E-state index in [1.807, 2.05) is 11.7 Å². The number of rotatable bonds is 5. The van der Waals surface area contributed by atoms with Gasteiger partial charge < -0.3 is 15.4 Å². The SMILES string of the molecule is CCN=C(NC(C)Cc1c(C)nn(C)c1C)NC1C2CCOC2C1(C)C. The first-order valence-electron chi connectivity index (χ1n) is 9.93. The van der Waals surface area contributed by atoms with E-state index in [4.69, 9.17) is 9.73 Å². The van der Waals surface area contributed by atoms with E-state index in [1.165, 1.54) is 11.3 Å². The molecule has 6 heteroatoms. The molecule has 1 aliphatic heterocycles. The maximum absolute atomic E-state index is 5.92. The maximum atomic E-state index is 5.92. The first kappa shape index (κ1) is 19.2. The smallest absolute Gasteiger partial charge is 0.191 e. The number of hydrogen-bond acceptors (Lipinski definition) is 3.